The summed E-state index contributed by atoms with van der Waals surface area (Å²) >= 11 is 0. The predicted molar refractivity (Wildman–Crippen MR) is 64.6 cm³/mol. The van der Waals surface area contributed by atoms with Gasteiger partial charge >= 0.3 is 0 Å². The SMILES string of the molecule is NCc1cc2[nH]cnc2c(C2CCCOC2)n1. The number of nitrogens with zero attached hydrogens (tertiary/aromatic N) is 2. The summed E-state index contributed by atoms with van der Waals surface area (Å²) < 4.78 is 5.53. The molecule has 5 heteroatoms. The second-order valence-electron chi connectivity index (χ2n) is 4.42. The summed E-state index contributed by atoms with van der Waals surface area (Å²) in [5.74, 6) is 0.348. The van der Waals surface area contributed by atoms with E-state index >= 15 is 0 Å². The topological polar surface area (TPSA) is 76.8 Å². The number of ether oxygens (including phenoxy) is 1. The molecule has 1 unspecified atom stereocenters. The zero-order valence-electron chi connectivity index (χ0n) is 9.65. The number of H-pyrrole nitrogens is 1. The van der Waals surface area contributed by atoms with Crippen molar-refractivity contribution in [2.45, 2.75) is 25.3 Å². The van der Waals surface area contributed by atoms with Crippen molar-refractivity contribution in [3.8, 4) is 0 Å². The van der Waals surface area contributed by atoms with Gasteiger partial charge in [0.1, 0.15) is 5.52 Å². The molecule has 1 aliphatic heterocycles. The van der Waals surface area contributed by atoms with Gasteiger partial charge in [-0.3, -0.25) is 4.98 Å². The molecule has 17 heavy (non-hydrogen) atoms. The number of nitrogens with one attached hydrogen (secondary N) is 1. The minimum atomic E-state index is 0.348. The summed E-state index contributed by atoms with van der Waals surface area (Å²) in [7, 11) is 0. The number of hydrogen-bond acceptors (Lipinski definition) is 4. The van der Waals surface area contributed by atoms with Gasteiger partial charge in [0.15, 0.2) is 0 Å². The molecule has 1 saturated heterocycles. The van der Waals surface area contributed by atoms with Crippen molar-refractivity contribution in [2.75, 3.05) is 13.2 Å². The molecule has 1 fully saturated rings. The highest BCUT2D eigenvalue weighted by Gasteiger charge is 2.21. The number of nitrogens with two attached hydrogens (primary N) is 1. The number of fused-ring (bicyclic) bond motifs is 1. The maximum Gasteiger partial charge on any atom is 0.110 e. The van der Waals surface area contributed by atoms with Gasteiger partial charge in [-0.1, -0.05) is 0 Å². The van der Waals surface area contributed by atoms with Crippen LogP contribution in [-0.2, 0) is 11.3 Å². The Morgan fingerprint density at radius 2 is 2.47 bits per heavy atom. The molecule has 90 valence electrons. The van der Waals surface area contributed by atoms with Crippen molar-refractivity contribution in [3.05, 3.63) is 23.8 Å². The van der Waals surface area contributed by atoms with Crippen LogP contribution in [0, 0.1) is 0 Å². The highest BCUT2D eigenvalue weighted by molar-refractivity contribution is 5.77. The van der Waals surface area contributed by atoms with Gasteiger partial charge in [-0.25, -0.2) is 4.98 Å². The molecule has 0 aromatic carbocycles. The number of aromatic nitrogens is 3. The van der Waals surface area contributed by atoms with Crippen LogP contribution in [0.15, 0.2) is 12.4 Å². The number of aromatic amines is 1. The molecule has 0 amide bonds. The van der Waals surface area contributed by atoms with Crippen LogP contribution in [0.2, 0.25) is 0 Å². The van der Waals surface area contributed by atoms with Crippen LogP contribution < -0.4 is 5.73 Å². The van der Waals surface area contributed by atoms with Crippen LogP contribution in [0.25, 0.3) is 11.0 Å². The van der Waals surface area contributed by atoms with Crippen LogP contribution in [-0.4, -0.2) is 28.2 Å². The Morgan fingerprint density at radius 1 is 1.53 bits per heavy atom. The first-order valence-electron chi connectivity index (χ1n) is 5.99. The number of pyridine rings is 1. The molecule has 3 heterocycles. The van der Waals surface area contributed by atoms with Crippen LogP contribution in [0.3, 0.4) is 0 Å². The average molecular weight is 232 g/mol. The Balaban J connectivity index is 2.08. The lowest BCUT2D eigenvalue weighted by Gasteiger charge is -2.22. The van der Waals surface area contributed by atoms with Crippen LogP contribution in [0.1, 0.15) is 30.1 Å². The molecule has 0 bridgehead atoms. The molecule has 0 radical (unpaired) electrons. The number of hydrogen-bond donors (Lipinski definition) is 2. The van der Waals surface area contributed by atoms with E-state index in [0.29, 0.717) is 12.5 Å². The van der Waals surface area contributed by atoms with Crippen molar-refractivity contribution in [2.24, 2.45) is 5.73 Å². The van der Waals surface area contributed by atoms with E-state index in [2.05, 4.69) is 15.0 Å². The summed E-state index contributed by atoms with van der Waals surface area (Å²) in [5, 5.41) is 0. The van der Waals surface area contributed by atoms with Gasteiger partial charge in [0.25, 0.3) is 0 Å². The van der Waals surface area contributed by atoms with E-state index < -0.39 is 0 Å². The molecule has 3 rings (SSSR count). The van der Waals surface area contributed by atoms with Crippen LogP contribution >= 0.6 is 0 Å². The molecule has 3 N–H and O–H groups in total. The first-order valence-corrected chi connectivity index (χ1v) is 5.99. The smallest absolute Gasteiger partial charge is 0.110 e. The molecule has 5 nitrogen and oxygen atoms in total. The lowest BCUT2D eigenvalue weighted by atomic mass is 9.97. The Hall–Kier alpha value is -1.46. The Bertz CT molecular complexity index is 516. The third-order valence-electron chi connectivity index (χ3n) is 3.24. The Morgan fingerprint density at radius 3 is 3.24 bits per heavy atom. The van der Waals surface area contributed by atoms with Gasteiger partial charge in [0.05, 0.1) is 29.8 Å². The summed E-state index contributed by atoms with van der Waals surface area (Å²) in [5.41, 5.74) is 9.59. The average Bonchev–Trinajstić information content (AvgIpc) is 2.86. The third-order valence-corrected chi connectivity index (χ3v) is 3.24. The largest absolute Gasteiger partial charge is 0.381 e. The molecule has 2 aromatic rings. The molecular weight excluding hydrogens is 216 g/mol. The van der Waals surface area contributed by atoms with Gasteiger partial charge < -0.3 is 15.5 Å². The van der Waals surface area contributed by atoms with E-state index in [0.717, 1.165) is 48.5 Å². The molecule has 0 aliphatic carbocycles. The van der Waals surface area contributed by atoms with Crippen molar-refractivity contribution in [1.82, 2.24) is 15.0 Å². The molecule has 1 aliphatic rings. The molecular formula is C12H16N4O. The third kappa shape index (κ3) is 1.92. The fraction of sp³-hybridized carbons (Fsp3) is 0.500. The minimum Gasteiger partial charge on any atom is -0.381 e. The zero-order chi connectivity index (χ0) is 11.7. The van der Waals surface area contributed by atoms with Crippen molar-refractivity contribution in [1.29, 1.82) is 0 Å². The minimum absolute atomic E-state index is 0.348. The first-order chi connectivity index (χ1) is 8.38. The zero-order valence-corrected chi connectivity index (χ0v) is 9.65. The van der Waals surface area contributed by atoms with E-state index in [1.165, 1.54) is 0 Å². The van der Waals surface area contributed by atoms with Crippen molar-refractivity contribution < 1.29 is 4.74 Å². The van der Waals surface area contributed by atoms with E-state index in [4.69, 9.17) is 10.5 Å². The number of imidazole rings is 1. The van der Waals surface area contributed by atoms with E-state index in [-0.39, 0.29) is 0 Å². The lowest BCUT2D eigenvalue weighted by molar-refractivity contribution is 0.0796. The molecule has 0 saturated carbocycles. The van der Waals surface area contributed by atoms with Gasteiger partial charge in [-0.05, 0) is 18.9 Å². The van der Waals surface area contributed by atoms with E-state index in [9.17, 15) is 0 Å². The van der Waals surface area contributed by atoms with Crippen molar-refractivity contribution >= 4 is 11.0 Å². The second-order valence-corrected chi connectivity index (χ2v) is 4.42. The fourth-order valence-electron chi connectivity index (χ4n) is 2.37. The van der Waals surface area contributed by atoms with Crippen molar-refractivity contribution in [3.63, 3.8) is 0 Å². The summed E-state index contributed by atoms with van der Waals surface area (Å²) in [6.07, 6.45) is 3.91. The van der Waals surface area contributed by atoms with Crippen LogP contribution in [0.4, 0.5) is 0 Å². The highest BCUT2D eigenvalue weighted by atomic mass is 16.5. The van der Waals surface area contributed by atoms with Crippen LogP contribution in [0.5, 0.6) is 0 Å². The Labute approximate surface area is 99.4 Å². The fourth-order valence-corrected chi connectivity index (χ4v) is 2.37. The normalized spacial score (nSPS) is 20.9. The molecule has 1 atom stereocenters. The molecule has 2 aromatic heterocycles. The van der Waals surface area contributed by atoms with Gasteiger partial charge in [0, 0.05) is 19.1 Å². The van der Waals surface area contributed by atoms with Gasteiger partial charge in [-0.2, -0.15) is 0 Å². The van der Waals surface area contributed by atoms with E-state index in [1.807, 2.05) is 6.07 Å². The maximum absolute atomic E-state index is 5.68. The maximum atomic E-state index is 5.68. The van der Waals surface area contributed by atoms with Gasteiger partial charge in [0.2, 0.25) is 0 Å². The summed E-state index contributed by atoms with van der Waals surface area (Å²) in [6.45, 7) is 2.05. The quantitative estimate of drug-likeness (QED) is 0.818. The number of rotatable bonds is 2. The van der Waals surface area contributed by atoms with E-state index in [1.54, 1.807) is 6.33 Å². The monoisotopic (exact) mass is 232 g/mol. The van der Waals surface area contributed by atoms with Gasteiger partial charge in [-0.15, -0.1) is 0 Å². The summed E-state index contributed by atoms with van der Waals surface area (Å²) in [6, 6.07) is 1.97. The lowest BCUT2D eigenvalue weighted by Crippen LogP contribution is -2.18. The summed E-state index contributed by atoms with van der Waals surface area (Å²) in [4.78, 5) is 12.1. The second kappa shape index (κ2) is 4.43. The molecule has 0 spiro atoms. The standard InChI is InChI=1S/C12H16N4O/c13-5-9-4-10-12(15-7-14-10)11(16-9)8-2-1-3-17-6-8/h4,7-8H,1-3,5-6,13H2,(H,14,15). The predicted octanol–water partition coefficient (Wildman–Crippen LogP) is 1.31. The Kier molecular flexibility index (Phi) is 2.78. The first kappa shape index (κ1) is 10.7. The highest BCUT2D eigenvalue weighted by Crippen LogP contribution is 2.28.